The van der Waals surface area contributed by atoms with Gasteiger partial charge in [0.2, 0.25) is 5.91 Å². The van der Waals surface area contributed by atoms with Crippen LogP contribution in [0.1, 0.15) is 46.0 Å². The number of hydrogen-bond donors (Lipinski definition) is 1. The zero-order valence-electron chi connectivity index (χ0n) is 9.05. The van der Waals surface area contributed by atoms with Gasteiger partial charge in [-0.2, -0.15) is 0 Å². The van der Waals surface area contributed by atoms with Crippen LogP contribution in [0, 0.1) is 5.92 Å². The van der Waals surface area contributed by atoms with Gasteiger partial charge in [-0.1, -0.05) is 29.3 Å². The third kappa shape index (κ3) is 3.60. The second kappa shape index (κ2) is 5.74. The monoisotopic (exact) mass is 261 g/mol. The Balaban J connectivity index is 2.25. The molecule has 3 heteroatoms. The summed E-state index contributed by atoms with van der Waals surface area (Å²) >= 11 is 3.28. The number of hydrogen-bond acceptors (Lipinski definition) is 1. The lowest BCUT2D eigenvalue weighted by atomic mass is 9.84. The van der Waals surface area contributed by atoms with Crippen LogP contribution in [-0.2, 0) is 4.79 Å². The van der Waals surface area contributed by atoms with Crippen LogP contribution in [0.25, 0.3) is 0 Å². The van der Waals surface area contributed by atoms with Gasteiger partial charge in [0, 0.05) is 6.04 Å². The molecule has 1 fully saturated rings. The Morgan fingerprint density at radius 2 is 2.00 bits per heavy atom. The average molecular weight is 262 g/mol. The number of alkyl halides is 1. The van der Waals surface area contributed by atoms with Gasteiger partial charge in [0.25, 0.3) is 0 Å². The highest BCUT2D eigenvalue weighted by Gasteiger charge is 2.22. The van der Waals surface area contributed by atoms with Crippen molar-refractivity contribution < 1.29 is 4.79 Å². The molecule has 14 heavy (non-hydrogen) atoms. The van der Waals surface area contributed by atoms with E-state index >= 15 is 0 Å². The topological polar surface area (TPSA) is 29.1 Å². The van der Waals surface area contributed by atoms with Crippen molar-refractivity contribution in [2.75, 3.05) is 0 Å². The molecule has 1 saturated carbocycles. The molecule has 1 aliphatic rings. The minimum Gasteiger partial charge on any atom is -0.352 e. The maximum absolute atomic E-state index is 11.4. The van der Waals surface area contributed by atoms with Gasteiger partial charge in [-0.3, -0.25) is 4.79 Å². The van der Waals surface area contributed by atoms with Gasteiger partial charge in [0.05, 0.1) is 4.83 Å². The van der Waals surface area contributed by atoms with Crippen molar-refractivity contribution in [3.63, 3.8) is 0 Å². The molecule has 0 aromatic carbocycles. The standard InChI is InChI=1S/C11H20BrNO/c1-3-9-4-6-10(7-5-9)13-11(14)8(2)12/h8-10H,3-7H2,1-2H3,(H,13,14). The molecule has 2 nitrogen and oxygen atoms in total. The summed E-state index contributed by atoms with van der Waals surface area (Å²) < 4.78 is 0. The van der Waals surface area contributed by atoms with Gasteiger partial charge in [-0.15, -0.1) is 0 Å². The van der Waals surface area contributed by atoms with Crippen molar-refractivity contribution in [3.05, 3.63) is 0 Å². The number of amides is 1. The number of halogens is 1. The van der Waals surface area contributed by atoms with Gasteiger partial charge in [-0.05, 0) is 38.5 Å². The fraction of sp³-hybridized carbons (Fsp3) is 0.909. The highest BCUT2D eigenvalue weighted by Crippen LogP contribution is 2.26. The van der Waals surface area contributed by atoms with Gasteiger partial charge in [0.15, 0.2) is 0 Å². The minimum absolute atomic E-state index is 0.0635. The number of carbonyl (C=O) groups is 1. The Morgan fingerprint density at radius 3 is 2.43 bits per heavy atom. The number of nitrogens with one attached hydrogen (secondary N) is 1. The molecule has 0 bridgehead atoms. The second-order valence-electron chi connectivity index (χ2n) is 4.25. The van der Waals surface area contributed by atoms with Crippen LogP contribution in [0.3, 0.4) is 0 Å². The van der Waals surface area contributed by atoms with Crippen LogP contribution in [0.4, 0.5) is 0 Å². The Labute approximate surface area is 95.0 Å². The van der Waals surface area contributed by atoms with E-state index in [9.17, 15) is 4.79 Å². The van der Waals surface area contributed by atoms with Crippen molar-refractivity contribution >= 4 is 21.8 Å². The maximum Gasteiger partial charge on any atom is 0.233 e. The normalized spacial score (nSPS) is 29.6. The van der Waals surface area contributed by atoms with Crippen LogP contribution in [0.15, 0.2) is 0 Å². The molecule has 1 unspecified atom stereocenters. The lowest BCUT2D eigenvalue weighted by molar-refractivity contribution is -0.121. The molecular formula is C11H20BrNO. The van der Waals surface area contributed by atoms with Gasteiger partial charge in [-0.25, -0.2) is 0 Å². The summed E-state index contributed by atoms with van der Waals surface area (Å²) in [5.74, 6) is 1.02. The maximum atomic E-state index is 11.4. The van der Waals surface area contributed by atoms with Crippen molar-refractivity contribution in [2.45, 2.75) is 56.8 Å². The van der Waals surface area contributed by atoms with E-state index in [1.807, 2.05) is 6.92 Å². The average Bonchev–Trinajstić information content (AvgIpc) is 2.19. The highest BCUT2D eigenvalue weighted by molar-refractivity contribution is 9.10. The number of carbonyl (C=O) groups excluding carboxylic acids is 1. The molecule has 1 N–H and O–H groups in total. The van der Waals surface area contributed by atoms with Gasteiger partial charge in [0.1, 0.15) is 0 Å². The Hall–Kier alpha value is -0.0500. The highest BCUT2D eigenvalue weighted by atomic mass is 79.9. The molecular weight excluding hydrogens is 242 g/mol. The van der Waals surface area contributed by atoms with Crippen LogP contribution in [0.2, 0.25) is 0 Å². The zero-order valence-corrected chi connectivity index (χ0v) is 10.6. The largest absolute Gasteiger partial charge is 0.352 e. The van der Waals surface area contributed by atoms with E-state index in [2.05, 4.69) is 28.2 Å². The van der Waals surface area contributed by atoms with Crippen LogP contribution < -0.4 is 5.32 Å². The molecule has 0 saturated heterocycles. The molecule has 0 aromatic rings. The van der Waals surface area contributed by atoms with Gasteiger partial charge >= 0.3 is 0 Å². The molecule has 1 aliphatic carbocycles. The minimum atomic E-state index is -0.0635. The first-order valence-corrected chi connectivity index (χ1v) is 6.49. The molecule has 0 heterocycles. The summed E-state index contributed by atoms with van der Waals surface area (Å²) in [5.41, 5.74) is 0. The molecule has 82 valence electrons. The third-order valence-corrected chi connectivity index (χ3v) is 3.55. The molecule has 1 rings (SSSR count). The third-order valence-electron chi connectivity index (χ3n) is 3.13. The summed E-state index contributed by atoms with van der Waals surface area (Å²) in [6.45, 7) is 4.12. The van der Waals surface area contributed by atoms with Crippen LogP contribution in [0.5, 0.6) is 0 Å². The first-order valence-electron chi connectivity index (χ1n) is 5.58. The summed E-state index contributed by atoms with van der Waals surface area (Å²) in [6, 6.07) is 0.422. The van der Waals surface area contributed by atoms with E-state index in [1.54, 1.807) is 0 Å². The molecule has 0 spiro atoms. The van der Waals surface area contributed by atoms with Crippen molar-refractivity contribution in [2.24, 2.45) is 5.92 Å². The first-order chi connectivity index (χ1) is 6.63. The molecule has 0 radical (unpaired) electrons. The van der Waals surface area contributed by atoms with Crippen molar-refractivity contribution in [1.29, 1.82) is 0 Å². The Bertz CT molecular complexity index is 186. The van der Waals surface area contributed by atoms with Crippen LogP contribution >= 0.6 is 15.9 Å². The van der Waals surface area contributed by atoms with E-state index in [1.165, 1.54) is 19.3 Å². The van der Waals surface area contributed by atoms with E-state index in [0.29, 0.717) is 6.04 Å². The lowest BCUT2D eigenvalue weighted by Gasteiger charge is -2.28. The Kier molecular flexibility index (Phi) is 4.93. The molecule has 1 atom stereocenters. The van der Waals surface area contributed by atoms with Crippen LogP contribution in [-0.4, -0.2) is 16.8 Å². The predicted octanol–water partition coefficient (Wildman–Crippen LogP) is 2.85. The molecule has 1 amide bonds. The van der Waals surface area contributed by atoms with E-state index in [4.69, 9.17) is 0 Å². The molecule has 0 aromatic heterocycles. The quantitative estimate of drug-likeness (QED) is 0.778. The fourth-order valence-electron chi connectivity index (χ4n) is 2.03. The van der Waals surface area contributed by atoms with Crippen molar-refractivity contribution in [1.82, 2.24) is 5.32 Å². The summed E-state index contributed by atoms with van der Waals surface area (Å²) in [7, 11) is 0. The van der Waals surface area contributed by atoms with Gasteiger partial charge < -0.3 is 5.32 Å². The summed E-state index contributed by atoms with van der Waals surface area (Å²) in [6.07, 6.45) is 6.15. The van der Waals surface area contributed by atoms with E-state index < -0.39 is 0 Å². The predicted molar refractivity (Wildman–Crippen MR) is 62.6 cm³/mol. The Morgan fingerprint density at radius 1 is 1.43 bits per heavy atom. The summed E-state index contributed by atoms with van der Waals surface area (Å²) in [4.78, 5) is 11.3. The van der Waals surface area contributed by atoms with E-state index in [0.717, 1.165) is 18.8 Å². The molecule has 0 aliphatic heterocycles. The van der Waals surface area contributed by atoms with E-state index in [-0.39, 0.29) is 10.7 Å². The smallest absolute Gasteiger partial charge is 0.233 e. The number of rotatable bonds is 3. The lowest BCUT2D eigenvalue weighted by Crippen LogP contribution is -2.40. The first kappa shape index (κ1) is 12.0. The van der Waals surface area contributed by atoms with Crippen molar-refractivity contribution in [3.8, 4) is 0 Å². The zero-order chi connectivity index (χ0) is 10.6. The SMILES string of the molecule is CCC1CCC(NC(=O)C(C)Br)CC1. The second-order valence-corrected chi connectivity index (χ2v) is 5.62. The fourth-order valence-corrected chi connectivity index (χ4v) is 2.16. The summed E-state index contributed by atoms with van der Waals surface area (Å²) in [5, 5.41) is 3.08.